The molecule has 1 atom stereocenters. The topological polar surface area (TPSA) is 54.7 Å². The van der Waals surface area contributed by atoms with Crippen LogP contribution in [0.25, 0.3) is 10.9 Å². The number of methoxy groups -OCH3 is 1. The molecule has 4 aromatic rings. The third-order valence-electron chi connectivity index (χ3n) is 5.34. The third kappa shape index (κ3) is 4.32. The van der Waals surface area contributed by atoms with E-state index in [2.05, 4.69) is 0 Å². The summed E-state index contributed by atoms with van der Waals surface area (Å²) in [5.41, 5.74) is 2.46. The van der Waals surface area contributed by atoms with Gasteiger partial charge in [0.05, 0.1) is 24.6 Å². The molecule has 3 aromatic carbocycles. The van der Waals surface area contributed by atoms with E-state index in [1.807, 2.05) is 36.4 Å². The van der Waals surface area contributed by atoms with Gasteiger partial charge in [0.25, 0.3) is 0 Å². The summed E-state index contributed by atoms with van der Waals surface area (Å²) in [5.74, 6) is 1.26. The fourth-order valence-corrected chi connectivity index (χ4v) is 3.92. The standard InChI is InChI=1S/C25H20ClFN2O4/c1-30-18-10-11-22-20(12-18)25(28-29(22)13-16-6-8-17(27)9-7-16)33-24(23-14-31-15-32-23)19-4-2-3-5-21(19)26/h2-12,14,24H,13,15H2,1H3. The normalized spacial score (nSPS) is 13.8. The monoisotopic (exact) mass is 466 g/mol. The zero-order chi connectivity index (χ0) is 22.8. The number of halogens is 2. The van der Waals surface area contributed by atoms with E-state index in [0.717, 1.165) is 22.0 Å². The van der Waals surface area contributed by atoms with Crippen LogP contribution >= 0.6 is 11.6 Å². The van der Waals surface area contributed by atoms with Gasteiger partial charge >= 0.3 is 0 Å². The quantitative estimate of drug-likeness (QED) is 0.342. The molecular weight excluding hydrogens is 447 g/mol. The predicted octanol–water partition coefficient (Wildman–Crippen LogP) is 5.85. The van der Waals surface area contributed by atoms with Gasteiger partial charge < -0.3 is 18.9 Å². The summed E-state index contributed by atoms with van der Waals surface area (Å²) in [6.07, 6.45) is 0.858. The number of hydrogen-bond acceptors (Lipinski definition) is 5. The van der Waals surface area contributed by atoms with Gasteiger partial charge in [0, 0.05) is 10.6 Å². The highest BCUT2D eigenvalue weighted by Crippen LogP contribution is 2.38. The average Bonchev–Trinajstić information content (AvgIpc) is 3.48. The highest BCUT2D eigenvalue weighted by Gasteiger charge is 2.28. The van der Waals surface area contributed by atoms with Crippen molar-refractivity contribution in [1.29, 1.82) is 0 Å². The van der Waals surface area contributed by atoms with Crippen molar-refractivity contribution in [3.8, 4) is 11.6 Å². The molecule has 168 valence electrons. The Bertz CT molecular complexity index is 1320. The van der Waals surface area contributed by atoms with Crippen molar-refractivity contribution in [2.24, 2.45) is 0 Å². The van der Waals surface area contributed by atoms with E-state index in [-0.39, 0.29) is 12.6 Å². The van der Waals surface area contributed by atoms with Crippen molar-refractivity contribution < 1.29 is 23.3 Å². The predicted molar refractivity (Wildman–Crippen MR) is 122 cm³/mol. The molecule has 0 saturated carbocycles. The number of hydrogen-bond donors (Lipinski definition) is 0. The number of nitrogens with zero attached hydrogens (tertiary/aromatic N) is 2. The molecule has 0 saturated heterocycles. The first-order chi connectivity index (χ1) is 16.1. The molecule has 0 N–H and O–H groups in total. The van der Waals surface area contributed by atoms with Gasteiger partial charge in [0.15, 0.2) is 11.9 Å². The first-order valence-electron chi connectivity index (χ1n) is 10.3. The van der Waals surface area contributed by atoms with Gasteiger partial charge in [-0.05, 0) is 42.0 Å². The van der Waals surface area contributed by atoms with Crippen LogP contribution in [0.2, 0.25) is 5.02 Å². The summed E-state index contributed by atoms with van der Waals surface area (Å²) < 4.78 is 37.9. The van der Waals surface area contributed by atoms with Crippen molar-refractivity contribution in [2.75, 3.05) is 13.9 Å². The summed E-state index contributed by atoms with van der Waals surface area (Å²) in [6.45, 7) is 0.540. The van der Waals surface area contributed by atoms with Crippen molar-refractivity contribution in [1.82, 2.24) is 9.78 Å². The minimum Gasteiger partial charge on any atom is -0.497 e. The minimum atomic E-state index is -0.662. The minimum absolute atomic E-state index is 0.104. The van der Waals surface area contributed by atoms with Gasteiger partial charge in [0.1, 0.15) is 17.8 Å². The number of benzene rings is 3. The summed E-state index contributed by atoms with van der Waals surface area (Å²) in [7, 11) is 1.60. The van der Waals surface area contributed by atoms with Gasteiger partial charge in [0.2, 0.25) is 12.7 Å². The highest BCUT2D eigenvalue weighted by atomic mass is 35.5. The van der Waals surface area contributed by atoms with Gasteiger partial charge in [-0.1, -0.05) is 41.9 Å². The molecular formula is C25H20ClFN2O4. The molecule has 1 unspecified atom stereocenters. The molecule has 1 aliphatic rings. The smallest absolute Gasteiger partial charge is 0.242 e. The van der Waals surface area contributed by atoms with E-state index < -0.39 is 6.10 Å². The SMILES string of the molecule is COc1ccc2c(c1)c(OC(C1=COCO1)c1ccccc1Cl)nn2Cc1ccc(F)cc1. The van der Waals surface area contributed by atoms with Crippen LogP contribution in [0.3, 0.4) is 0 Å². The second-order valence-corrected chi connectivity index (χ2v) is 7.85. The van der Waals surface area contributed by atoms with Crippen molar-refractivity contribution >= 4 is 22.5 Å². The Balaban J connectivity index is 1.58. The molecule has 0 spiro atoms. The maximum absolute atomic E-state index is 13.4. The maximum atomic E-state index is 13.4. The van der Waals surface area contributed by atoms with Crippen LogP contribution in [0.4, 0.5) is 4.39 Å². The average molecular weight is 467 g/mol. The molecule has 1 aromatic heterocycles. The Morgan fingerprint density at radius 2 is 1.94 bits per heavy atom. The number of rotatable bonds is 7. The van der Waals surface area contributed by atoms with Crippen LogP contribution in [0.5, 0.6) is 11.6 Å². The lowest BCUT2D eigenvalue weighted by atomic mass is 10.1. The highest BCUT2D eigenvalue weighted by molar-refractivity contribution is 6.31. The fraction of sp³-hybridized carbons (Fsp3) is 0.160. The van der Waals surface area contributed by atoms with Crippen LogP contribution in [0.15, 0.2) is 78.8 Å². The van der Waals surface area contributed by atoms with Crippen LogP contribution in [0.1, 0.15) is 17.2 Å². The number of ether oxygens (including phenoxy) is 4. The summed E-state index contributed by atoms with van der Waals surface area (Å²) in [6, 6.07) is 19.3. The van der Waals surface area contributed by atoms with Crippen LogP contribution in [-0.4, -0.2) is 23.7 Å². The largest absolute Gasteiger partial charge is 0.497 e. The molecule has 0 radical (unpaired) electrons. The molecule has 0 fully saturated rings. The Kier molecular flexibility index (Phi) is 5.79. The number of fused-ring (bicyclic) bond motifs is 1. The van der Waals surface area contributed by atoms with E-state index in [9.17, 15) is 4.39 Å². The molecule has 33 heavy (non-hydrogen) atoms. The summed E-state index contributed by atoms with van der Waals surface area (Å²) in [4.78, 5) is 0. The Morgan fingerprint density at radius 3 is 2.67 bits per heavy atom. The molecule has 0 aliphatic carbocycles. The lowest BCUT2D eigenvalue weighted by Gasteiger charge is -2.19. The molecule has 2 heterocycles. The summed E-state index contributed by atoms with van der Waals surface area (Å²) >= 11 is 6.47. The third-order valence-corrected chi connectivity index (χ3v) is 5.68. The van der Waals surface area contributed by atoms with Gasteiger partial charge in [-0.15, -0.1) is 5.10 Å². The Hall–Kier alpha value is -3.71. The molecule has 0 bridgehead atoms. The van der Waals surface area contributed by atoms with E-state index in [1.165, 1.54) is 18.4 Å². The molecule has 0 amide bonds. The zero-order valence-corrected chi connectivity index (χ0v) is 18.5. The zero-order valence-electron chi connectivity index (χ0n) is 17.7. The second-order valence-electron chi connectivity index (χ2n) is 7.44. The van der Waals surface area contributed by atoms with Crippen molar-refractivity contribution in [3.05, 3.63) is 101 Å². The van der Waals surface area contributed by atoms with Crippen LogP contribution < -0.4 is 9.47 Å². The summed E-state index contributed by atoms with van der Waals surface area (Å²) in [5, 5.41) is 6.02. The first kappa shape index (κ1) is 21.2. The molecule has 8 heteroatoms. The van der Waals surface area contributed by atoms with Gasteiger partial charge in [-0.2, -0.15) is 0 Å². The lowest BCUT2D eigenvalue weighted by Crippen LogP contribution is -2.13. The Labute approximate surface area is 194 Å². The second kappa shape index (κ2) is 9.03. The molecule has 5 rings (SSSR count). The van der Waals surface area contributed by atoms with Gasteiger partial charge in [-0.25, -0.2) is 4.39 Å². The first-order valence-corrected chi connectivity index (χ1v) is 10.6. The van der Waals surface area contributed by atoms with Crippen LogP contribution in [-0.2, 0) is 16.0 Å². The molecule has 1 aliphatic heterocycles. The van der Waals surface area contributed by atoms with Crippen molar-refractivity contribution in [2.45, 2.75) is 12.6 Å². The van der Waals surface area contributed by atoms with Crippen molar-refractivity contribution in [3.63, 3.8) is 0 Å². The van der Waals surface area contributed by atoms with E-state index in [1.54, 1.807) is 30.0 Å². The fourth-order valence-electron chi connectivity index (χ4n) is 3.69. The lowest BCUT2D eigenvalue weighted by molar-refractivity contribution is 0.0548. The van der Waals surface area contributed by atoms with E-state index >= 15 is 0 Å². The van der Waals surface area contributed by atoms with E-state index in [4.69, 9.17) is 35.6 Å². The maximum Gasteiger partial charge on any atom is 0.242 e. The van der Waals surface area contributed by atoms with E-state index in [0.29, 0.717) is 29.0 Å². The molecule has 6 nitrogen and oxygen atoms in total. The Morgan fingerprint density at radius 1 is 1.12 bits per heavy atom. The van der Waals surface area contributed by atoms with Gasteiger partial charge in [-0.3, -0.25) is 4.68 Å². The number of aromatic nitrogens is 2. The van der Waals surface area contributed by atoms with Crippen LogP contribution in [0, 0.1) is 5.82 Å².